The van der Waals surface area contributed by atoms with Crippen molar-refractivity contribution >= 4 is 11.8 Å². The molecule has 2 heteroatoms. The lowest BCUT2D eigenvalue weighted by atomic mass is 10.0. The molecule has 1 N–H and O–H groups in total. The Kier molecular flexibility index (Phi) is 4.73. The summed E-state index contributed by atoms with van der Waals surface area (Å²) in [5.41, 5.74) is 1.43. The molecule has 1 heterocycles. The summed E-state index contributed by atoms with van der Waals surface area (Å²) < 4.78 is 0. The fourth-order valence-electron chi connectivity index (χ4n) is 2.10. The maximum Gasteiger partial charge on any atom is 0.00722 e. The lowest BCUT2D eigenvalue weighted by Crippen LogP contribution is -2.30. The van der Waals surface area contributed by atoms with Gasteiger partial charge in [0.05, 0.1) is 0 Å². The van der Waals surface area contributed by atoms with Crippen molar-refractivity contribution in [3.8, 4) is 0 Å². The van der Waals surface area contributed by atoms with Gasteiger partial charge in [-0.05, 0) is 56.0 Å². The van der Waals surface area contributed by atoms with Crippen LogP contribution in [0, 0.1) is 5.92 Å². The highest BCUT2D eigenvalue weighted by Crippen LogP contribution is 2.24. The molecule has 0 saturated carbocycles. The summed E-state index contributed by atoms with van der Waals surface area (Å²) in [5, 5.41) is 3.48. The highest BCUT2D eigenvalue weighted by Gasteiger charge is 2.12. The van der Waals surface area contributed by atoms with Gasteiger partial charge in [0.2, 0.25) is 0 Å². The lowest BCUT2D eigenvalue weighted by molar-refractivity contribution is 0.410. The summed E-state index contributed by atoms with van der Waals surface area (Å²) in [7, 11) is 0. The van der Waals surface area contributed by atoms with Crippen molar-refractivity contribution in [2.45, 2.75) is 31.1 Å². The first-order valence-corrected chi connectivity index (χ1v) is 7.29. The van der Waals surface area contributed by atoms with E-state index in [1.165, 1.54) is 42.1 Å². The number of hydrogen-bond donors (Lipinski definition) is 1. The van der Waals surface area contributed by atoms with Crippen LogP contribution in [-0.4, -0.2) is 18.8 Å². The van der Waals surface area contributed by atoms with Crippen LogP contribution in [0.2, 0.25) is 0 Å². The number of thioether (sulfide) groups is 1. The molecule has 2 rings (SSSR count). The predicted octanol–water partition coefficient (Wildman–Crippen LogP) is 3.34. The minimum Gasteiger partial charge on any atom is -0.316 e. The molecule has 1 fully saturated rings. The van der Waals surface area contributed by atoms with Gasteiger partial charge in [-0.1, -0.05) is 19.1 Å². The van der Waals surface area contributed by atoms with Crippen LogP contribution in [0.4, 0.5) is 0 Å². The van der Waals surface area contributed by atoms with E-state index in [-0.39, 0.29) is 0 Å². The second kappa shape index (κ2) is 6.31. The van der Waals surface area contributed by atoms with E-state index in [4.69, 9.17) is 0 Å². The SMILES string of the molecule is CCc1ccc(SCC2CCCNC2)cc1. The number of nitrogens with one attached hydrogen (secondary N) is 1. The van der Waals surface area contributed by atoms with Gasteiger partial charge in [0.15, 0.2) is 0 Å². The highest BCUT2D eigenvalue weighted by atomic mass is 32.2. The molecule has 0 aliphatic carbocycles. The summed E-state index contributed by atoms with van der Waals surface area (Å²) in [5.74, 6) is 2.13. The van der Waals surface area contributed by atoms with E-state index in [2.05, 4.69) is 36.5 Å². The summed E-state index contributed by atoms with van der Waals surface area (Å²) in [6.45, 7) is 4.63. The Labute approximate surface area is 103 Å². The number of piperidine rings is 1. The highest BCUT2D eigenvalue weighted by molar-refractivity contribution is 7.99. The maximum absolute atomic E-state index is 3.48. The molecule has 1 atom stereocenters. The van der Waals surface area contributed by atoms with Gasteiger partial charge >= 0.3 is 0 Å². The summed E-state index contributed by atoms with van der Waals surface area (Å²) in [4.78, 5) is 1.42. The van der Waals surface area contributed by atoms with E-state index in [9.17, 15) is 0 Å². The Balaban J connectivity index is 1.79. The topological polar surface area (TPSA) is 12.0 Å². The molecular weight excluding hydrogens is 214 g/mol. The van der Waals surface area contributed by atoms with Gasteiger partial charge in [-0.2, -0.15) is 0 Å². The average molecular weight is 235 g/mol. The molecule has 0 aromatic heterocycles. The van der Waals surface area contributed by atoms with Crippen LogP contribution < -0.4 is 5.32 Å². The molecule has 0 amide bonds. The molecule has 1 nitrogen and oxygen atoms in total. The van der Waals surface area contributed by atoms with E-state index in [1.54, 1.807) is 0 Å². The first kappa shape index (κ1) is 12.0. The molecule has 0 spiro atoms. The van der Waals surface area contributed by atoms with Gasteiger partial charge in [-0.15, -0.1) is 11.8 Å². The van der Waals surface area contributed by atoms with Crippen LogP contribution in [0.3, 0.4) is 0 Å². The third-order valence-corrected chi connectivity index (χ3v) is 4.46. The second-order valence-electron chi connectivity index (χ2n) is 4.52. The number of aryl methyl sites for hydroxylation is 1. The normalized spacial score (nSPS) is 20.9. The third kappa shape index (κ3) is 3.53. The molecule has 16 heavy (non-hydrogen) atoms. The molecule has 1 aromatic rings. The molecule has 1 unspecified atom stereocenters. The standard InChI is InChI=1S/C14H21NS/c1-2-12-5-7-14(8-6-12)16-11-13-4-3-9-15-10-13/h5-8,13,15H,2-4,9-11H2,1H3. The van der Waals surface area contributed by atoms with Gasteiger partial charge in [0, 0.05) is 10.6 Å². The number of rotatable bonds is 4. The molecule has 1 aliphatic rings. The quantitative estimate of drug-likeness (QED) is 0.803. The van der Waals surface area contributed by atoms with Crippen LogP contribution in [0.1, 0.15) is 25.3 Å². The minimum absolute atomic E-state index is 0.865. The van der Waals surface area contributed by atoms with E-state index in [1.807, 2.05) is 11.8 Å². The van der Waals surface area contributed by atoms with E-state index in [0.29, 0.717) is 0 Å². The van der Waals surface area contributed by atoms with Crippen molar-refractivity contribution in [3.63, 3.8) is 0 Å². The largest absolute Gasteiger partial charge is 0.316 e. The predicted molar refractivity (Wildman–Crippen MR) is 72.1 cm³/mol. The molecule has 0 radical (unpaired) electrons. The fourth-order valence-corrected chi connectivity index (χ4v) is 3.14. The van der Waals surface area contributed by atoms with Crippen LogP contribution in [0.5, 0.6) is 0 Å². The zero-order chi connectivity index (χ0) is 11.2. The smallest absolute Gasteiger partial charge is 0.00722 e. The average Bonchev–Trinajstić information content (AvgIpc) is 2.38. The van der Waals surface area contributed by atoms with Gasteiger partial charge in [-0.25, -0.2) is 0 Å². The Morgan fingerprint density at radius 2 is 2.12 bits per heavy atom. The first-order valence-electron chi connectivity index (χ1n) is 6.31. The van der Waals surface area contributed by atoms with Crippen molar-refractivity contribution in [2.75, 3.05) is 18.8 Å². The van der Waals surface area contributed by atoms with E-state index < -0.39 is 0 Å². The molecule has 1 aliphatic heterocycles. The Hall–Kier alpha value is -0.470. The first-order chi connectivity index (χ1) is 7.88. The molecule has 1 saturated heterocycles. The van der Waals surface area contributed by atoms with Crippen molar-refractivity contribution in [1.82, 2.24) is 5.32 Å². The minimum atomic E-state index is 0.865. The van der Waals surface area contributed by atoms with Gasteiger partial charge in [0.25, 0.3) is 0 Å². The van der Waals surface area contributed by atoms with E-state index >= 15 is 0 Å². The monoisotopic (exact) mass is 235 g/mol. The molecule has 0 bridgehead atoms. The maximum atomic E-state index is 3.48. The van der Waals surface area contributed by atoms with Crippen LogP contribution >= 0.6 is 11.8 Å². The summed E-state index contributed by atoms with van der Waals surface area (Å²) >= 11 is 2.01. The number of hydrogen-bond acceptors (Lipinski definition) is 2. The fraction of sp³-hybridized carbons (Fsp3) is 0.571. The molecule has 88 valence electrons. The van der Waals surface area contributed by atoms with Gasteiger partial charge < -0.3 is 5.32 Å². The Bertz CT molecular complexity index is 301. The van der Waals surface area contributed by atoms with Gasteiger partial charge in [0.1, 0.15) is 0 Å². The zero-order valence-electron chi connectivity index (χ0n) is 10.0. The van der Waals surface area contributed by atoms with Crippen molar-refractivity contribution < 1.29 is 0 Å². The summed E-state index contributed by atoms with van der Waals surface area (Å²) in [6, 6.07) is 9.03. The van der Waals surface area contributed by atoms with Crippen LogP contribution in [0.25, 0.3) is 0 Å². The third-order valence-electron chi connectivity index (χ3n) is 3.22. The summed E-state index contributed by atoms with van der Waals surface area (Å²) in [6.07, 6.45) is 3.88. The molecular formula is C14H21NS. The zero-order valence-corrected chi connectivity index (χ0v) is 10.9. The lowest BCUT2D eigenvalue weighted by Gasteiger charge is -2.22. The van der Waals surface area contributed by atoms with Crippen LogP contribution in [0.15, 0.2) is 29.2 Å². The van der Waals surface area contributed by atoms with Crippen LogP contribution in [-0.2, 0) is 6.42 Å². The van der Waals surface area contributed by atoms with Gasteiger partial charge in [-0.3, -0.25) is 0 Å². The number of benzene rings is 1. The Morgan fingerprint density at radius 3 is 2.75 bits per heavy atom. The van der Waals surface area contributed by atoms with Crippen molar-refractivity contribution in [2.24, 2.45) is 5.92 Å². The molecule has 1 aromatic carbocycles. The van der Waals surface area contributed by atoms with Crippen molar-refractivity contribution in [3.05, 3.63) is 29.8 Å². The Morgan fingerprint density at radius 1 is 1.31 bits per heavy atom. The second-order valence-corrected chi connectivity index (χ2v) is 5.61. The van der Waals surface area contributed by atoms with E-state index in [0.717, 1.165) is 12.3 Å². The van der Waals surface area contributed by atoms with Crippen molar-refractivity contribution in [1.29, 1.82) is 0 Å².